The van der Waals surface area contributed by atoms with Crippen molar-refractivity contribution in [2.45, 2.75) is 55.2 Å². The number of halogens is 1. The highest BCUT2D eigenvalue weighted by molar-refractivity contribution is 7.99. The molecule has 7 nitrogen and oxygen atoms in total. The smallest absolute Gasteiger partial charge is 0.242 e. The Morgan fingerprint density at radius 2 is 1.71 bits per heavy atom. The molecule has 0 spiro atoms. The lowest BCUT2D eigenvalue weighted by Crippen LogP contribution is -2.50. The number of aliphatic hydroxyl groups is 1. The predicted octanol–water partition coefficient (Wildman–Crippen LogP) is 6.38. The summed E-state index contributed by atoms with van der Waals surface area (Å²) in [7, 11) is 1.39. The maximum atomic E-state index is 14.0. The van der Waals surface area contributed by atoms with Gasteiger partial charge in [-0.15, -0.1) is 17.7 Å². The van der Waals surface area contributed by atoms with E-state index in [1.54, 1.807) is 11.8 Å². The van der Waals surface area contributed by atoms with E-state index in [-0.39, 0.29) is 18.1 Å². The van der Waals surface area contributed by atoms with Crippen LogP contribution in [0.25, 0.3) is 0 Å². The van der Waals surface area contributed by atoms with Crippen LogP contribution in [0.5, 0.6) is 0 Å². The average Bonchev–Trinajstić information content (AvgIpc) is 3.11. The maximum absolute atomic E-state index is 14.0. The van der Waals surface area contributed by atoms with Crippen molar-refractivity contribution in [3.05, 3.63) is 130 Å². The molecule has 1 amide bonds. The lowest BCUT2D eigenvalue weighted by atomic mass is 9.84. The molecule has 0 aromatic heterocycles. The molecule has 4 unspecified atom stereocenters. The number of carbonyl (C=O) groups is 1. The highest BCUT2D eigenvalue weighted by atomic mass is 35.5. The van der Waals surface area contributed by atoms with E-state index in [2.05, 4.69) is 40.8 Å². The van der Waals surface area contributed by atoms with Gasteiger partial charge < -0.3 is 25.2 Å². The van der Waals surface area contributed by atoms with Crippen LogP contribution >= 0.6 is 23.4 Å². The Balaban J connectivity index is 1.23. The van der Waals surface area contributed by atoms with E-state index >= 15 is 0 Å². The minimum atomic E-state index is -1.34. The fourth-order valence-corrected chi connectivity index (χ4v) is 6.98. The summed E-state index contributed by atoms with van der Waals surface area (Å²) in [6, 6.07) is 32.5. The monoisotopic (exact) mass is 683 g/mol. The Bertz CT molecular complexity index is 1640. The highest BCUT2D eigenvalue weighted by Gasteiger charge is 2.33. The molecule has 1 saturated heterocycles. The molecule has 1 aliphatic heterocycles. The molecule has 4 aromatic carbocycles. The number of carbonyl (C=O) groups excluding carboxylic acids is 1. The summed E-state index contributed by atoms with van der Waals surface area (Å²) in [5.74, 6) is 6.74. The number of aliphatic hydroxyl groups excluding tert-OH is 1. The molecule has 250 valence electrons. The van der Waals surface area contributed by atoms with Crippen molar-refractivity contribution < 1.29 is 19.4 Å². The second kappa shape index (κ2) is 18.2. The molecule has 1 fully saturated rings. The number of amides is 1. The second-order valence-corrected chi connectivity index (χ2v) is 13.1. The Morgan fingerprint density at radius 3 is 2.40 bits per heavy atom. The Labute approximate surface area is 292 Å². The summed E-state index contributed by atoms with van der Waals surface area (Å²) in [5, 5.41) is 20.8. The summed E-state index contributed by atoms with van der Waals surface area (Å²) < 4.78 is 11.4. The van der Waals surface area contributed by atoms with E-state index in [1.165, 1.54) is 12.0 Å². The third-order valence-corrected chi connectivity index (χ3v) is 9.70. The van der Waals surface area contributed by atoms with Crippen LogP contribution in [0, 0.1) is 18.8 Å². The first-order chi connectivity index (χ1) is 23.4. The lowest BCUT2D eigenvalue weighted by Gasteiger charge is -2.30. The number of methoxy groups -OCH3 is 1. The summed E-state index contributed by atoms with van der Waals surface area (Å²) >= 11 is 7.88. The van der Waals surface area contributed by atoms with Gasteiger partial charge in [-0.3, -0.25) is 10.1 Å². The summed E-state index contributed by atoms with van der Waals surface area (Å²) in [6.07, 6.45) is -0.201. The maximum Gasteiger partial charge on any atom is 0.242 e. The van der Waals surface area contributed by atoms with Gasteiger partial charge in [-0.05, 0) is 59.9 Å². The van der Waals surface area contributed by atoms with E-state index in [4.69, 9.17) is 21.1 Å². The number of rotatable bonds is 13. The zero-order chi connectivity index (χ0) is 33.7. The van der Waals surface area contributed by atoms with Crippen molar-refractivity contribution in [1.29, 1.82) is 0 Å². The largest absolute Gasteiger partial charge is 0.359 e. The number of thioether (sulfide) groups is 1. The van der Waals surface area contributed by atoms with Crippen molar-refractivity contribution in [3.63, 3.8) is 0 Å². The van der Waals surface area contributed by atoms with Gasteiger partial charge in [0.15, 0.2) is 0 Å². The van der Waals surface area contributed by atoms with Crippen molar-refractivity contribution in [2.75, 3.05) is 31.3 Å². The molecule has 0 saturated carbocycles. The van der Waals surface area contributed by atoms with Crippen LogP contribution in [0.4, 0.5) is 5.69 Å². The van der Waals surface area contributed by atoms with Gasteiger partial charge in [0.2, 0.25) is 12.3 Å². The minimum Gasteiger partial charge on any atom is -0.359 e. The molecule has 4 atom stereocenters. The normalized spacial score (nSPS) is 17.3. The molecular weight excluding hydrogens is 642 g/mol. The van der Waals surface area contributed by atoms with Gasteiger partial charge in [-0.1, -0.05) is 96.4 Å². The van der Waals surface area contributed by atoms with Crippen LogP contribution in [0.15, 0.2) is 108 Å². The number of morpholine rings is 1. The van der Waals surface area contributed by atoms with Crippen LogP contribution in [-0.2, 0) is 20.7 Å². The van der Waals surface area contributed by atoms with Crippen molar-refractivity contribution >= 4 is 35.0 Å². The molecule has 1 heterocycles. The van der Waals surface area contributed by atoms with Gasteiger partial charge in [0, 0.05) is 53.9 Å². The first-order valence-electron chi connectivity index (χ1n) is 16.1. The van der Waals surface area contributed by atoms with Gasteiger partial charge in [-0.25, -0.2) is 0 Å². The topological polar surface area (TPSA) is 91.9 Å². The molecular formula is C39H42ClN3O4S. The van der Waals surface area contributed by atoms with Crippen LogP contribution in [0.2, 0.25) is 5.02 Å². The Hall–Kier alpha value is -3.65. The van der Waals surface area contributed by atoms with E-state index < -0.39 is 18.4 Å². The van der Waals surface area contributed by atoms with Gasteiger partial charge >= 0.3 is 0 Å². The molecule has 48 heavy (non-hydrogen) atoms. The number of para-hydroxylation sites is 1. The number of hydrogen-bond donors (Lipinski definition) is 4. The molecule has 5 rings (SSSR count). The average molecular weight is 684 g/mol. The van der Waals surface area contributed by atoms with E-state index in [1.807, 2.05) is 97.1 Å². The third kappa shape index (κ3) is 10.2. The molecule has 4 aromatic rings. The fraction of sp³-hybridized carbons (Fsp3) is 0.308. The second-order valence-electron chi connectivity index (χ2n) is 11.6. The molecule has 4 N–H and O–H groups in total. The van der Waals surface area contributed by atoms with Crippen molar-refractivity contribution in [1.82, 2.24) is 10.6 Å². The van der Waals surface area contributed by atoms with Crippen LogP contribution in [0.1, 0.15) is 34.6 Å². The van der Waals surface area contributed by atoms with Gasteiger partial charge in [0.05, 0.1) is 6.10 Å². The highest BCUT2D eigenvalue weighted by Crippen LogP contribution is 2.30. The third-order valence-electron chi connectivity index (χ3n) is 8.16. The number of hydrogen-bond acceptors (Lipinski definition) is 7. The minimum absolute atomic E-state index is 0.0582. The SMILES string of the molecule is COC(O)NC(C(=O)Nc1ccccc1CCC#CC1CNCC(CSc2ccc(Cl)cc2C)O1)C(c1ccccc1)c1ccccc1. The van der Waals surface area contributed by atoms with E-state index in [0.29, 0.717) is 25.1 Å². The number of aryl methyl sites for hydroxylation is 2. The quantitative estimate of drug-likeness (QED) is 0.0738. The van der Waals surface area contributed by atoms with E-state index in [0.717, 1.165) is 39.6 Å². The van der Waals surface area contributed by atoms with Crippen molar-refractivity contribution in [3.8, 4) is 11.8 Å². The van der Waals surface area contributed by atoms with Gasteiger partial charge in [-0.2, -0.15) is 0 Å². The Kier molecular flexibility index (Phi) is 13.5. The Morgan fingerprint density at radius 1 is 1.02 bits per heavy atom. The van der Waals surface area contributed by atoms with Gasteiger partial charge in [0.25, 0.3) is 0 Å². The molecule has 9 heteroatoms. The number of benzene rings is 4. The molecule has 0 bridgehead atoms. The number of ether oxygens (including phenoxy) is 2. The zero-order valence-corrected chi connectivity index (χ0v) is 28.8. The standard InChI is InChI=1S/C39H42ClN3O4S/c1-27-23-31(40)21-22-35(27)48-26-33-25-41-24-32(47-33)19-11-9-13-28-14-10-12-20-34(28)42-38(44)37(43-39(45)46-2)36(29-15-5-3-6-16-29)30-17-7-4-8-18-30/h3-8,10,12,14-18,20-23,32-33,36-37,39,41,43,45H,9,13,24-26H2,1-2H3,(H,42,44). The summed E-state index contributed by atoms with van der Waals surface area (Å²) in [6.45, 7) is 3.54. The first-order valence-corrected chi connectivity index (χ1v) is 17.5. The molecule has 1 aliphatic rings. The van der Waals surface area contributed by atoms with Crippen LogP contribution < -0.4 is 16.0 Å². The first kappa shape index (κ1) is 35.7. The molecule has 0 radical (unpaired) electrons. The summed E-state index contributed by atoms with van der Waals surface area (Å²) in [5.41, 5.74) is 4.70. The predicted molar refractivity (Wildman–Crippen MR) is 194 cm³/mol. The fourth-order valence-electron chi connectivity index (χ4n) is 5.74. The lowest BCUT2D eigenvalue weighted by molar-refractivity contribution is -0.129. The zero-order valence-electron chi connectivity index (χ0n) is 27.2. The van der Waals surface area contributed by atoms with E-state index in [9.17, 15) is 9.90 Å². The number of anilines is 1. The number of nitrogens with one attached hydrogen (secondary N) is 3. The van der Waals surface area contributed by atoms with Crippen LogP contribution in [-0.4, -0.2) is 61.6 Å². The molecule has 0 aliphatic carbocycles. The van der Waals surface area contributed by atoms with Crippen molar-refractivity contribution in [2.24, 2.45) is 0 Å². The van der Waals surface area contributed by atoms with Gasteiger partial charge in [0.1, 0.15) is 12.1 Å². The van der Waals surface area contributed by atoms with Crippen LogP contribution in [0.3, 0.4) is 0 Å². The summed E-state index contributed by atoms with van der Waals surface area (Å²) in [4.78, 5) is 15.3.